The fourth-order valence-electron chi connectivity index (χ4n) is 3.14. The van der Waals surface area contributed by atoms with Gasteiger partial charge in [0.15, 0.2) is 6.61 Å². The Bertz CT molecular complexity index is 782. The van der Waals surface area contributed by atoms with Crippen LogP contribution >= 0.6 is 0 Å². The number of hydrogen-bond acceptors (Lipinski definition) is 4. The molecule has 0 heterocycles. The Morgan fingerprint density at radius 2 is 1.84 bits per heavy atom. The van der Waals surface area contributed by atoms with E-state index in [2.05, 4.69) is 0 Å². The number of halogens is 1. The van der Waals surface area contributed by atoms with Crippen LogP contribution < -0.4 is 4.74 Å². The van der Waals surface area contributed by atoms with E-state index in [-0.39, 0.29) is 11.3 Å². The van der Waals surface area contributed by atoms with Crippen molar-refractivity contribution in [1.82, 2.24) is 0 Å². The van der Waals surface area contributed by atoms with Crippen molar-refractivity contribution in [1.29, 1.82) is 0 Å². The van der Waals surface area contributed by atoms with Crippen molar-refractivity contribution < 1.29 is 23.5 Å². The van der Waals surface area contributed by atoms with Crippen LogP contribution in [0.4, 0.5) is 4.39 Å². The summed E-state index contributed by atoms with van der Waals surface area (Å²) in [7, 11) is 1.40. The normalized spacial score (nSPS) is 15.1. The topological polar surface area (TPSA) is 52.6 Å². The summed E-state index contributed by atoms with van der Waals surface area (Å²) in [6.07, 6.45) is 2.34. The molecule has 0 aliphatic heterocycles. The molecule has 25 heavy (non-hydrogen) atoms. The molecule has 5 heteroatoms. The maximum Gasteiger partial charge on any atom is 0.317 e. The number of esters is 1. The maximum atomic E-state index is 13.4. The molecule has 2 aromatic rings. The number of Topliss-reactive ketones (excluding diaryl/α,β-unsaturated/α-hetero) is 1. The second-order valence-corrected chi connectivity index (χ2v) is 6.15. The third-order valence-corrected chi connectivity index (χ3v) is 4.72. The van der Waals surface area contributed by atoms with Gasteiger partial charge in [-0.15, -0.1) is 0 Å². The maximum absolute atomic E-state index is 13.4. The summed E-state index contributed by atoms with van der Waals surface area (Å²) in [6, 6.07) is 13.1. The lowest BCUT2D eigenvalue weighted by Crippen LogP contribution is -2.44. The Hall–Kier alpha value is -2.69. The zero-order chi connectivity index (χ0) is 17.9. The van der Waals surface area contributed by atoms with Gasteiger partial charge in [-0.25, -0.2) is 4.39 Å². The van der Waals surface area contributed by atoms with Gasteiger partial charge >= 0.3 is 5.97 Å². The van der Waals surface area contributed by atoms with Crippen LogP contribution in [-0.4, -0.2) is 25.5 Å². The molecule has 130 valence electrons. The van der Waals surface area contributed by atoms with E-state index in [4.69, 9.17) is 9.47 Å². The van der Waals surface area contributed by atoms with Gasteiger partial charge in [-0.2, -0.15) is 0 Å². The van der Waals surface area contributed by atoms with Crippen molar-refractivity contribution in [2.24, 2.45) is 0 Å². The van der Waals surface area contributed by atoms with E-state index in [0.717, 1.165) is 18.1 Å². The van der Waals surface area contributed by atoms with Gasteiger partial charge in [0.1, 0.15) is 11.6 Å². The minimum Gasteiger partial charge on any atom is -0.496 e. The lowest BCUT2D eigenvalue weighted by Gasteiger charge is -2.39. The Morgan fingerprint density at radius 1 is 1.12 bits per heavy atom. The van der Waals surface area contributed by atoms with E-state index >= 15 is 0 Å². The summed E-state index contributed by atoms with van der Waals surface area (Å²) < 4.78 is 23.8. The summed E-state index contributed by atoms with van der Waals surface area (Å²) in [5.74, 6) is -1.19. The third kappa shape index (κ3) is 3.27. The highest BCUT2D eigenvalue weighted by molar-refractivity contribution is 6.00. The zero-order valence-corrected chi connectivity index (χ0v) is 14.0. The Balaban J connectivity index is 1.72. The summed E-state index contributed by atoms with van der Waals surface area (Å²) in [5, 5.41) is 0. The van der Waals surface area contributed by atoms with Gasteiger partial charge in [-0.05, 0) is 36.6 Å². The average Bonchev–Trinajstić information content (AvgIpc) is 2.59. The molecule has 1 fully saturated rings. The van der Waals surface area contributed by atoms with Gasteiger partial charge in [0.25, 0.3) is 0 Å². The predicted octanol–water partition coefficient (Wildman–Crippen LogP) is 3.68. The van der Waals surface area contributed by atoms with Crippen molar-refractivity contribution in [2.45, 2.75) is 24.7 Å². The van der Waals surface area contributed by atoms with Crippen molar-refractivity contribution >= 4 is 11.8 Å². The number of benzene rings is 2. The zero-order valence-electron chi connectivity index (χ0n) is 14.0. The van der Waals surface area contributed by atoms with E-state index in [1.165, 1.54) is 19.2 Å². The van der Waals surface area contributed by atoms with Crippen molar-refractivity contribution in [3.63, 3.8) is 0 Å². The molecule has 0 atom stereocenters. The molecule has 2 aromatic carbocycles. The van der Waals surface area contributed by atoms with Crippen molar-refractivity contribution in [3.05, 3.63) is 65.5 Å². The molecule has 3 rings (SSSR count). The number of ketones is 1. The molecule has 0 amide bonds. The van der Waals surface area contributed by atoms with Gasteiger partial charge in [-0.1, -0.05) is 36.8 Å². The SMILES string of the molecule is COc1ccc(F)cc1C(=O)COC(=O)C1(c2ccccc2)CCC1. The quantitative estimate of drug-likeness (QED) is 0.593. The molecule has 0 bridgehead atoms. The van der Waals surface area contributed by atoms with Crippen LogP contribution in [0.1, 0.15) is 35.2 Å². The highest BCUT2D eigenvalue weighted by Crippen LogP contribution is 2.44. The fraction of sp³-hybridized carbons (Fsp3) is 0.300. The van der Waals surface area contributed by atoms with Crippen LogP contribution in [0.5, 0.6) is 5.75 Å². The molecule has 0 saturated heterocycles. The Kier molecular flexibility index (Phi) is 4.83. The van der Waals surface area contributed by atoms with Crippen LogP contribution in [0.3, 0.4) is 0 Å². The van der Waals surface area contributed by atoms with Crippen molar-refractivity contribution in [2.75, 3.05) is 13.7 Å². The second kappa shape index (κ2) is 7.05. The minimum atomic E-state index is -0.673. The number of methoxy groups -OCH3 is 1. The lowest BCUT2D eigenvalue weighted by atomic mass is 9.64. The molecule has 1 saturated carbocycles. The van der Waals surface area contributed by atoms with Gasteiger partial charge in [0.2, 0.25) is 5.78 Å². The second-order valence-electron chi connectivity index (χ2n) is 6.15. The standard InChI is InChI=1S/C20H19FO4/c1-24-18-9-8-15(21)12-16(18)17(22)13-25-19(23)20(10-5-11-20)14-6-3-2-4-7-14/h2-4,6-9,12H,5,10-11,13H2,1H3. The van der Waals surface area contributed by atoms with E-state index in [1.54, 1.807) is 0 Å². The van der Waals surface area contributed by atoms with Gasteiger partial charge in [0.05, 0.1) is 18.1 Å². The molecule has 0 spiro atoms. The first-order valence-corrected chi connectivity index (χ1v) is 8.16. The van der Waals surface area contributed by atoms with E-state index in [9.17, 15) is 14.0 Å². The van der Waals surface area contributed by atoms with E-state index in [1.807, 2.05) is 30.3 Å². The van der Waals surface area contributed by atoms with Crippen LogP contribution in [0.15, 0.2) is 48.5 Å². The van der Waals surface area contributed by atoms with Crippen molar-refractivity contribution in [3.8, 4) is 5.75 Å². The Labute approximate surface area is 145 Å². The molecular formula is C20H19FO4. The summed E-state index contributed by atoms with van der Waals surface area (Å²) in [5.41, 5.74) is 0.299. The van der Waals surface area contributed by atoms with Crippen LogP contribution in [-0.2, 0) is 14.9 Å². The number of ether oxygens (including phenoxy) is 2. The predicted molar refractivity (Wildman–Crippen MR) is 90.2 cm³/mol. The van der Waals surface area contributed by atoms with Crippen LogP contribution in [0.2, 0.25) is 0 Å². The number of rotatable bonds is 6. The first-order chi connectivity index (χ1) is 12.1. The molecule has 0 N–H and O–H groups in total. The largest absolute Gasteiger partial charge is 0.496 e. The molecule has 1 aliphatic carbocycles. The lowest BCUT2D eigenvalue weighted by molar-refractivity contribution is -0.153. The van der Waals surface area contributed by atoms with E-state index in [0.29, 0.717) is 12.8 Å². The molecule has 4 nitrogen and oxygen atoms in total. The van der Waals surface area contributed by atoms with Crippen LogP contribution in [0.25, 0.3) is 0 Å². The van der Waals surface area contributed by atoms with Crippen LogP contribution in [0, 0.1) is 5.82 Å². The molecule has 0 aromatic heterocycles. The average molecular weight is 342 g/mol. The first kappa shape index (κ1) is 17.1. The van der Waals surface area contributed by atoms with E-state index < -0.39 is 29.6 Å². The molecular weight excluding hydrogens is 323 g/mol. The molecule has 0 unspecified atom stereocenters. The van der Waals surface area contributed by atoms with Gasteiger partial charge < -0.3 is 9.47 Å². The minimum absolute atomic E-state index is 0.0673. The summed E-state index contributed by atoms with van der Waals surface area (Å²) in [4.78, 5) is 25.0. The smallest absolute Gasteiger partial charge is 0.317 e. The summed E-state index contributed by atoms with van der Waals surface area (Å²) >= 11 is 0. The number of carbonyl (C=O) groups is 2. The first-order valence-electron chi connectivity index (χ1n) is 8.16. The Morgan fingerprint density at radius 3 is 2.44 bits per heavy atom. The fourth-order valence-corrected chi connectivity index (χ4v) is 3.14. The van der Waals surface area contributed by atoms with Gasteiger partial charge in [0, 0.05) is 0 Å². The summed E-state index contributed by atoms with van der Waals surface area (Å²) in [6.45, 7) is -0.437. The monoisotopic (exact) mass is 342 g/mol. The number of hydrogen-bond donors (Lipinski definition) is 0. The number of carbonyl (C=O) groups excluding carboxylic acids is 2. The van der Waals surface area contributed by atoms with Gasteiger partial charge in [-0.3, -0.25) is 9.59 Å². The highest BCUT2D eigenvalue weighted by atomic mass is 19.1. The molecule has 1 aliphatic rings. The third-order valence-electron chi connectivity index (χ3n) is 4.72. The molecule has 0 radical (unpaired) electrons. The highest BCUT2D eigenvalue weighted by Gasteiger charge is 2.47.